The number of urea groups is 1. The van der Waals surface area contributed by atoms with E-state index >= 15 is 0 Å². The van der Waals surface area contributed by atoms with Crippen molar-refractivity contribution in [3.63, 3.8) is 0 Å². The average Bonchev–Trinajstić information content (AvgIpc) is 3.17. The SMILES string of the molecule is O=C(NOCc1ccccc1)N1CCN(C(=O)[C@H]2CCCO2)CC1. The molecule has 2 fully saturated rings. The lowest BCUT2D eigenvalue weighted by Crippen LogP contribution is -2.54. The van der Waals surface area contributed by atoms with E-state index < -0.39 is 0 Å². The summed E-state index contributed by atoms with van der Waals surface area (Å²) in [7, 11) is 0. The van der Waals surface area contributed by atoms with E-state index in [2.05, 4.69) is 5.48 Å². The summed E-state index contributed by atoms with van der Waals surface area (Å²) in [6.45, 7) is 3.05. The minimum atomic E-state index is -0.292. The van der Waals surface area contributed by atoms with Gasteiger partial charge in [-0.1, -0.05) is 30.3 Å². The largest absolute Gasteiger partial charge is 0.368 e. The quantitative estimate of drug-likeness (QED) is 0.839. The second kappa shape index (κ2) is 8.12. The first-order valence-corrected chi connectivity index (χ1v) is 8.35. The number of rotatable bonds is 4. The van der Waals surface area contributed by atoms with Crippen LogP contribution in [0.1, 0.15) is 18.4 Å². The number of piperazine rings is 1. The standard InChI is InChI=1S/C17H23N3O4/c21-16(15-7-4-12-23-15)19-8-10-20(11-9-19)17(22)18-24-13-14-5-2-1-3-6-14/h1-3,5-6,15H,4,7-13H2,(H,18,22)/t15-/m1/s1. The summed E-state index contributed by atoms with van der Waals surface area (Å²) in [6.07, 6.45) is 1.45. The summed E-state index contributed by atoms with van der Waals surface area (Å²) in [5.74, 6) is 0.0490. The fourth-order valence-electron chi connectivity index (χ4n) is 2.93. The second-order valence-corrected chi connectivity index (χ2v) is 6.00. The summed E-state index contributed by atoms with van der Waals surface area (Å²) in [5.41, 5.74) is 3.45. The third-order valence-electron chi connectivity index (χ3n) is 4.32. The molecule has 2 aliphatic rings. The predicted molar refractivity (Wildman–Crippen MR) is 86.9 cm³/mol. The zero-order valence-electron chi connectivity index (χ0n) is 13.6. The number of hydroxylamine groups is 1. The summed E-state index contributed by atoms with van der Waals surface area (Å²) in [6, 6.07) is 9.37. The molecule has 24 heavy (non-hydrogen) atoms. The summed E-state index contributed by atoms with van der Waals surface area (Å²) < 4.78 is 5.43. The van der Waals surface area contributed by atoms with Gasteiger partial charge in [-0.15, -0.1) is 0 Å². The second-order valence-electron chi connectivity index (χ2n) is 6.00. The molecule has 1 aromatic rings. The number of ether oxygens (including phenoxy) is 1. The molecular weight excluding hydrogens is 310 g/mol. The maximum Gasteiger partial charge on any atom is 0.341 e. The van der Waals surface area contributed by atoms with Gasteiger partial charge < -0.3 is 14.5 Å². The Hall–Kier alpha value is -2.12. The van der Waals surface area contributed by atoms with Gasteiger partial charge in [0, 0.05) is 32.8 Å². The number of hydrogen-bond acceptors (Lipinski definition) is 4. The number of nitrogens with zero attached hydrogens (tertiary/aromatic N) is 2. The molecule has 7 heteroatoms. The monoisotopic (exact) mass is 333 g/mol. The Morgan fingerprint density at radius 1 is 1.12 bits per heavy atom. The van der Waals surface area contributed by atoms with Gasteiger partial charge >= 0.3 is 6.03 Å². The molecule has 1 aromatic carbocycles. The molecule has 1 atom stereocenters. The van der Waals surface area contributed by atoms with Crippen molar-refractivity contribution in [2.45, 2.75) is 25.6 Å². The van der Waals surface area contributed by atoms with Crippen LogP contribution in [0.5, 0.6) is 0 Å². The van der Waals surface area contributed by atoms with E-state index in [0.717, 1.165) is 18.4 Å². The van der Waals surface area contributed by atoms with Crippen molar-refractivity contribution in [1.82, 2.24) is 15.3 Å². The van der Waals surface area contributed by atoms with Crippen molar-refractivity contribution in [2.24, 2.45) is 0 Å². The molecule has 0 aliphatic carbocycles. The lowest BCUT2D eigenvalue weighted by molar-refractivity contribution is -0.142. The van der Waals surface area contributed by atoms with Gasteiger partial charge in [-0.05, 0) is 18.4 Å². The summed E-state index contributed by atoms with van der Waals surface area (Å²) >= 11 is 0. The first kappa shape index (κ1) is 16.7. The summed E-state index contributed by atoms with van der Waals surface area (Å²) in [5, 5.41) is 0. The van der Waals surface area contributed by atoms with Gasteiger partial charge in [0.25, 0.3) is 5.91 Å². The molecule has 2 aliphatic heterocycles. The van der Waals surface area contributed by atoms with Crippen LogP contribution in [0.4, 0.5) is 4.79 Å². The molecular formula is C17H23N3O4. The topological polar surface area (TPSA) is 71.1 Å². The Labute approximate surface area is 141 Å². The molecule has 1 N–H and O–H groups in total. The van der Waals surface area contributed by atoms with Crippen LogP contribution >= 0.6 is 0 Å². The molecule has 2 heterocycles. The zero-order valence-corrected chi connectivity index (χ0v) is 13.6. The van der Waals surface area contributed by atoms with E-state index in [1.54, 1.807) is 9.80 Å². The van der Waals surface area contributed by atoms with Gasteiger partial charge in [-0.2, -0.15) is 0 Å². The van der Waals surface area contributed by atoms with Gasteiger partial charge in [0.2, 0.25) is 0 Å². The van der Waals surface area contributed by atoms with Crippen LogP contribution in [0.15, 0.2) is 30.3 Å². The zero-order chi connectivity index (χ0) is 16.8. The van der Waals surface area contributed by atoms with E-state index in [1.165, 1.54) is 0 Å². The average molecular weight is 333 g/mol. The predicted octanol–water partition coefficient (Wildman–Crippen LogP) is 1.15. The van der Waals surface area contributed by atoms with Crippen molar-refractivity contribution in [3.05, 3.63) is 35.9 Å². The van der Waals surface area contributed by atoms with Gasteiger partial charge in [-0.3, -0.25) is 9.63 Å². The lowest BCUT2D eigenvalue weighted by atomic mass is 10.2. The molecule has 0 saturated carbocycles. The van der Waals surface area contributed by atoms with Gasteiger partial charge in [-0.25, -0.2) is 10.3 Å². The number of nitrogens with one attached hydrogen (secondary N) is 1. The Bertz CT molecular complexity index is 552. The van der Waals surface area contributed by atoms with E-state index in [4.69, 9.17) is 9.57 Å². The normalized spacial score (nSPS) is 20.9. The van der Waals surface area contributed by atoms with Crippen LogP contribution in [0, 0.1) is 0 Å². The molecule has 2 saturated heterocycles. The Morgan fingerprint density at radius 2 is 1.83 bits per heavy atom. The number of carbonyl (C=O) groups excluding carboxylic acids is 2. The fraction of sp³-hybridized carbons (Fsp3) is 0.529. The number of amides is 3. The van der Waals surface area contributed by atoms with Crippen molar-refractivity contribution < 1.29 is 19.2 Å². The molecule has 130 valence electrons. The van der Waals surface area contributed by atoms with Crippen LogP contribution in [0.2, 0.25) is 0 Å². The molecule has 0 unspecified atom stereocenters. The highest BCUT2D eigenvalue weighted by atomic mass is 16.7. The first-order chi connectivity index (χ1) is 11.7. The van der Waals surface area contributed by atoms with Crippen molar-refractivity contribution in [3.8, 4) is 0 Å². The van der Waals surface area contributed by atoms with Crippen LogP contribution in [-0.4, -0.2) is 60.6 Å². The first-order valence-electron chi connectivity index (χ1n) is 8.35. The Balaban J connectivity index is 1.38. The number of benzene rings is 1. The maximum atomic E-state index is 12.3. The van der Waals surface area contributed by atoms with Crippen molar-refractivity contribution in [1.29, 1.82) is 0 Å². The number of carbonyl (C=O) groups is 2. The van der Waals surface area contributed by atoms with E-state index in [0.29, 0.717) is 39.4 Å². The van der Waals surface area contributed by atoms with E-state index in [-0.39, 0.29) is 18.0 Å². The molecule has 0 spiro atoms. The minimum absolute atomic E-state index is 0.0490. The van der Waals surface area contributed by atoms with E-state index in [9.17, 15) is 9.59 Å². The third kappa shape index (κ3) is 4.24. The van der Waals surface area contributed by atoms with E-state index in [1.807, 2.05) is 30.3 Å². The third-order valence-corrected chi connectivity index (χ3v) is 4.32. The highest BCUT2D eigenvalue weighted by Crippen LogP contribution is 2.16. The number of hydrogen-bond donors (Lipinski definition) is 1. The fourth-order valence-corrected chi connectivity index (χ4v) is 2.93. The molecule has 3 amide bonds. The highest BCUT2D eigenvalue weighted by molar-refractivity contribution is 5.81. The summed E-state index contributed by atoms with van der Waals surface area (Å²) in [4.78, 5) is 33.0. The van der Waals surface area contributed by atoms with Gasteiger partial charge in [0.05, 0.1) is 6.61 Å². The highest BCUT2D eigenvalue weighted by Gasteiger charge is 2.31. The van der Waals surface area contributed by atoms with Crippen LogP contribution in [0.3, 0.4) is 0 Å². The Kier molecular flexibility index (Phi) is 5.66. The smallest absolute Gasteiger partial charge is 0.341 e. The van der Waals surface area contributed by atoms with Crippen molar-refractivity contribution in [2.75, 3.05) is 32.8 Å². The van der Waals surface area contributed by atoms with Crippen LogP contribution in [-0.2, 0) is 21.0 Å². The Morgan fingerprint density at radius 3 is 2.50 bits per heavy atom. The van der Waals surface area contributed by atoms with Crippen LogP contribution < -0.4 is 5.48 Å². The molecule has 3 rings (SSSR count). The maximum absolute atomic E-state index is 12.3. The minimum Gasteiger partial charge on any atom is -0.368 e. The lowest BCUT2D eigenvalue weighted by Gasteiger charge is -2.35. The molecule has 0 radical (unpaired) electrons. The molecule has 0 bridgehead atoms. The van der Waals surface area contributed by atoms with Crippen LogP contribution in [0.25, 0.3) is 0 Å². The molecule has 0 aromatic heterocycles. The van der Waals surface area contributed by atoms with Crippen molar-refractivity contribution >= 4 is 11.9 Å². The van der Waals surface area contributed by atoms with Gasteiger partial charge in [0.1, 0.15) is 6.10 Å². The van der Waals surface area contributed by atoms with Gasteiger partial charge in [0.15, 0.2) is 0 Å². The molecule has 7 nitrogen and oxygen atoms in total.